The Kier molecular flexibility index (Phi) is 9.48. The van der Waals surface area contributed by atoms with Gasteiger partial charge >= 0.3 is 0 Å². The first-order valence-electron chi connectivity index (χ1n) is 22.0. The van der Waals surface area contributed by atoms with Gasteiger partial charge in [0.25, 0.3) is 0 Å². The number of benzene rings is 10. The Labute approximate surface area is 381 Å². The highest BCUT2D eigenvalue weighted by Gasteiger charge is 2.19. The molecule has 0 aliphatic rings. The molecule has 0 aliphatic heterocycles. The van der Waals surface area contributed by atoms with Gasteiger partial charge in [-0.15, -0.1) is 0 Å². The largest absolute Gasteiger partial charge is 0.256 e. The maximum absolute atomic E-state index is 9.44. The first-order valence-corrected chi connectivity index (χ1v) is 22.0. The van der Waals surface area contributed by atoms with Crippen molar-refractivity contribution in [2.75, 3.05) is 0 Å². The minimum Gasteiger partial charge on any atom is -0.256 e. The Bertz CT molecular complexity index is 3870. The molecular formula is C61H37N5. The van der Waals surface area contributed by atoms with Crippen LogP contribution in [0.2, 0.25) is 0 Å². The standard InChI is InChI=1S/C61H37N5/c62-38-39-27-29-41(30-28-39)47-31-32-52(49-23-8-7-22-48(47)49)55-37-57-53-26-13-33-63-58(53)54(36-56(57)51-25-10-9-24-50(51)55)44-19-12-21-46(35-44)61-65-59(42-16-5-2-6-17-42)64-60(66-61)45-20-11-18-43(34-45)40-14-3-1-4-15-40/h1-37H. The van der Waals surface area contributed by atoms with Crippen molar-refractivity contribution in [2.45, 2.75) is 0 Å². The normalized spacial score (nSPS) is 11.3. The molecule has 12 rings (SSSR count). The molecule has 0 unspecified atom stereocenters. The van der Waals surface area contributed by atoms with E-state index in [0.29, 0.717) is 23.0 Å². The van der Waals surface area contributed by atoms with Crippen LogP contribution >= 0.6 is 0 Å². The smallest absolute Gasteiger partial charge is 0.164 e. The van der Waals surface area contributed by atoms with E-state index in [9.17, 15) is 5.26 Å². The minimum atomic E-state index is 0.594. The van der Waals surface area contributed by atoms with Gasteiger partial charge in [-0.1, -0.05) is 176 Å². The summed E-state index contributed by atoms with van der Waals surface area (Å²) in [4.78, 5) is 20.4. The Balaban J connectivity index is 1.02. The van der Waals surface area contributed by atoms with Crippen LogP contribution in [0.25, 0.3) is 122 Å². The van der Waals surface area contributed by atoms with Crippen molar-refractivity contribution >= 4 is 43.2 Å². The highest BCUT2D eigenvalue weighted by molar-refractivity contribution is 6.24. The van der Waals surface area contributed by atoms with E-state index in [2.05, 4.69) is 158 Å². The molecule has 0 saturated heterocycles. The fourth-order valence-corrected chi connectivity index (χ4v) is 9.42. The van der Waals surface area contributed by atoms with Gasteiger partial charge in [0.15, 0.2) is 17.5 Å². The molecule has 66 heavy (non-hydrogen) atoms. The monoisotopic (exact) mass is 839 g/mol. The fraction of sp³-hybridized carbons (Fsp3) is 0. The lowest BCUT2D eigenvalue weighted by molar-refractivity contribution is 1.07. The zero-order valence-corrected chi connectivity index (χ0v) is 35.6. The molecule has 0 saturated carbocycles. The van der Waals surface area contributed by atoms with Crippen LogP contribution in [0.15, 0.2) is 225 Å². The van der Waals surface area contributed by atoms with Crippen LogP contribution in [0, 0.1) is 11.3 Å². The molecule has 0 fully saturated rings. The summed E-state index contributed by atoms with van der Waals surface area (Å²) < 4.78 is 0. The lowest BCUT2D eigenvalue weighted by atomic mass is 9.86. The maximum atomic E-state index is 9.44. The van der Waals surface area contributed by atoms with Crippen molar-refractivity contribution in [3.05, 3.63) is 230 Å². The molecule has 5 nitrogen and oxygen atoms in total. The topological polar surface area (TPSA) is 75.3 Å². The van der Waals surface area contributed by atoms with Gasteiger partial charge in [0, 0.05) is 33.8 Å². The van der Waals surface area contributed by atoms with Crippen molar-refractivity contribution in [3.8, 4) is 84.7 Å². The molecule has 5 heteroatoms. The number of rotatable bonds is 7. The van der Waals surface area contributed by atoms with Gasteiger partial charge in [-0.2, -0.15) is 5.26 Å². The van der Waals surface area contributed by atoms with Crippen molar-refractivity contribution in [2.24, 2.45) is 0 Å². The Hall–Kier alpha value is -9.11. The third-order valence-corrected chi connectivity index (χ3v) is 12.6. The van der Waals surface area contributed by atoms with Crippen LogP contribution in [0.4, 0.5) is 0 Å². The SMILES string of the molecule is N#Cc1ccc(-c2ccc(-c3cc4c5cccnc5c(-c5cccc(-c6nc(-c7ccccc7)nc(-c7cccc(-c8ccccc8)c7)n6)c5)cc4c4ccccc34)c3ccccc23)cc1. The van der Waals surface area contributed by atoms with E-state index in [-0.39, 0.29) is 0 Å². The molecule has 0 aliphatic carbocycles. The summed E-state index contributed by atoms with van der Waals surface area (Å²) in [6.07, 6.45) is 1.88. The van der Waals surface area contributed by atoms with Crippen LogP contribution in [-0.2, 0) is 0 Å². The van der Waals surface area contributed by atoms with E-state index in [1.807, 2.05) is 72.9 Å². The minimum absolute atomic E-state index is 0.594. The summed E-state index contributed by atoms with van der Waals surface area (Å²) in [6.45, 7) is 0. The molecule has 0 N–H and O–H groups in total. The average molecular weight is 840 g/mol. The second-order valence-corrected chi connectivity index (χ2v) is 16.5. The van der Waals surface area contributed by atoms with E-state index in [1.54, 1.807) is 0 Å². The van der Waals surface area contributed by atoms with Crippen LogP contribution in [0.3, 0.4) is 0 Å². The van der Waals surface area contributed by atoms with Gasteiger partial charge < -0.3 is 0 Å². The summed E-state index contributed by atoms with van der Waals surface area (Å²) in [6, 6.07) is 78.2. The lowest BCUT2D eigenvalue weighted by Crippen LogP contribution is -2.00. The second kappa shape index (κ2) is 16.2. The molecule has 306 valence electrons. The summed E-state index contributed by atoms with van der Waals surface area (Å²) >= 11 is 0. The van der Waals surface area contributed by atoms with Crippen molar-refractivity contribution < 1.29 is 0 Å². The predicted octanol–water partition coefficient (Wildman–Crippen LogP) is 15.4. The van der Waals surface area contributed by atoms with Crippen LogP contribution in [0.5, 0.6) is 0 Å². The first-order chi connectivity index (χ1) is 32.7. The van der Waals surface area contributed by atoms with Gasteiger partial charge in [0.2, 0.25) is 0 Å². The Morgan fingerprint density at radius 3 is 1.45 bits per heavy atom. The summed E-state index contributed by atoms with van der Waals surface area (Å²) in [5, 5.41) is 17.5. The highest BCUT2D eigenvalue weighted by atomic mass is 15.0. The molecular weight excluding hydrogens is 803 g/mol. The fourth-order valence-electron chi connectivity index (χ4n) is 9.42. The number of fused-ring (bicyclic) bond motifs is 6. The third kappa shape index (κ3) is 6.82. The molecule has 0 radical (unpaired) electrons. The highest BCUT2D eigenvalue weighted by Crippen LogP contribution is 2.44. The molecule has 0 amide bonds. The third-order valence-electron chi connectivity index (χ3n) is 12.6. The molecule has 0 atom stereocenters. The first kappa shape index (κ1) is 38.6. The number of pyridine rings is 1. The van der Waals surface area contributed by atoms with Crippen LogP contribution < -0.4 is 0 Å². The molecule has 2 aromatic heterocycles. The lowest BCUT2D eigenvalue weighted by Gasteiger charge is -2.18. The number of hydrogen-bond donors (Lipinski definition) is 0. The van der Waals surface area contributed by atoms with Crippen molar-refractivity contribution in [1.82, 2.24) is 19.9 Å². The van der Waals surface area contributed by atoms with E-state index in [0.717, 1.165) is 88.3 Å². The van der Waals surface area contributed by atoms with Gasteiger partial charge in [-0.25, -0.2) is 15.0 Å². The summed E-state index contributed by atoms with van der Waals surface area (Å²) in [7, 11) is 0. The number of nitriles is 1. The van der Waals surface area contributed by atoms with E-state index in [1.165, 1.54) is 16.2 Å². The molecule has 10 aromatic carbocycles. The quantitative estimate of drug-likeness (QED) is 0.149. The van der Waals surface area contributed by atoms with Crippen LogP contribution in [0.1, 0.15) is 5.56 Å². The van der Waals surface area contributed by atoms with E-state index < -0.39 is 0 Å². The van der Waals surface area contributed by atoms with E-state index >= 15 is 0 Å². The number of hydrogen-bond acceptors (Lipinski definition) is 5. The second-order valence-electron chi connectivity index (χ2n) is 16.5. The van der Waals surface area contributed by atoms with Crippen molar-refractivity contribution in [3.63, 3.8) is 0 Å². The summed E-state index contributed by atoms with van der Waals surface area (Å²) in [5.74, 6) is 1.82. The van der Waals surface area contributed by atoms with Gasteiger partial charge in [0.1, 0.15) is 0 Å². The van der Waals surface area contributed by atoms with Crippen molar-refractivity contribution in [1.29, 1.82) is 5.26 Å². The van der Waals surface area contributed by atoms with Gasteiger partial charge in [0.05, 0.1) is 17.1 Å². The molecule has 2 heterocycles. The Morgan fingerprint density at radius 1 is 0.288 bits per heavy atom. The zero-order valence-electron chi connectivity index (χ0n) is 35.6. The zero-order chi connectivity index (χ0) is 44.0. The van der Waals surface area contributed by atoms with E-state index in [4.69, 9.17) is 19.9 Å². The van der Waals surface area contributed by atoms with Gasteiger partial charge in [-0.3, -0.25) is 4.98 Å². The van der Waals surface area contributed by atoms with Crippen LogP contribution in [-0.4, -0.2) is 19.9 Å². The number of nitrogens with zero attached hydrogens (tertiary/aromatic N) is 5. The predicted molar refractivity (Wildman–Crippen MR) is 270 cm³/mol. The average Bonchev–Trinajstić information content (AvgIpc) is 3.40. The number of aromatic nitrogens is 4. The molecule has 0 bridgehead atoms. The molecule has 12 aromatic rings. The summed E-state index contributed by atoms with van der Waals surface area (Å²) in [5.41, 5.74) is 13.1. The van der Waals surface area contributed by atoms with Gasteiger partial charge in [-0.05, 0) is 114 Å². The maximum Gasteiger partial charge on any atom is 0.164 e. The molecule has 0 spiro atoms. The Morgan fingerprint density at radius 2 is 0.773 bits per heavy atom.